The van der Waals surface area contributed by atoms with Crippen molar-refractivity contribution in [1.29, 1.82) is 0 Å². The predicted octanol–water partition coefficient (Wildman–Crippen LogP) is 1.28. The molecule has 1 heterocycles. The minimum Gasteiger partial charge on any atom is -0.382 e. The van der Waals surface area contributed by atoms with Gasteiger partial charge in [0.15, 0.2) is 5.82 Å². The third-order valence-electron chi connectivity index (χ3n) is 3.20. The summed E-state index contributed by atoms with van der Waals surface area (Å²) in [5, 5.41) is 6.21. The van der Waals surface area contributed by atoms with E-state index in [1.54, 1.807) is 11.0 Å². The Morgan fingerprint density at radius 3 is 2.95 bits per heavy atom. The molecule has 1 aromatic rings. The monoisotopic (exact) mass is 295 g/mol. The zero-order chi connectivity index (χ0) is 15.1. The van der Waals surface area contributed by atoms with E-state index < -0.39 is 0 Å². The Hall–Kier alpha value is -1.89. The van der Waals surface area contributed by atoms with E-state index in [1.165, 1.54) is 6.26 Å². The number of rotatable bonds is 9. The van der Waals surface area contributed by atoms with Crippen molar-refractivity contribution in [3.63, 3.8) is 0 Å². The molecule has 1 fully saturated rings. The van der Waals surface area contributed by atoms with E-state index in [1.807, 2.05) is 6.92 Å². The SMILES string of the molecule is CCOCCCN(CC(=O)Nc1ccon1)C(=O)C1CC1. The van der Waals surface area contributed by atoms with Crippen molar-refractivity contribution in [2.24, 2.45) is 5.92 Å². The molecule has 0 bridgehead atoms. The summed E-state index contributed by atoms with van der Waals surface area (Å²) in [7, 11) is 0. The maximum absolute atomic E-state index is 12.2. The van der Waals surface area contributed by atoms with E-state index in [0.29, 0.717) is 25.6 Å². The van der Waals surface area contributed by atoms with Crippen molar-refractivity contribution in [3.05, 3.63) is 12.3 Å². The fraction of sp³-hybridized carbons (Fsp3) is 0.643. The molecule has 116 valence electrons. The third-order valence-corrected chi connectivity index (χ3v) is 3.20. The van der Waals surface area contributed by atoms with E-state index in [-0.39, 0.29) is 24.3 Å². The molecule has 0 aromatic carbocycles. The van der Waals surface area contributed by atoms with Gasteiger partial charge in [-0.15, -0.1) is 0 Å². The summed E-state index contributed by atoms with van der Waals surface area (Å²) >= 11 is 0. The number of hydrogen-bond acceptors (Lipinski definition) is 5. The van der Waals surface area contributed by atoms with Crippen LogP contribution in [0.1, 0.15) is 26.2 Å². The molecular weight excluding hydrogens is 274 g/mol. The third kappa shape index (κ3) is 5.18. The Kier molecular flexibility index (Phi) is 5.74. The second-order valence-corrected chi connectivity index (χ2v) is 5.02. The van der Waals surface area contributed by atoms with E-state index in [9.17, 15) is 9.59 Å². The topological polar surface area (TPSA) is 84.7 Å². The van der Waals surface area contributed by atoms with Crippen molar-refractivity contribution in [2.45, 2.75) is 26.2 Å². The molecule has 21 heavy (non-hydrogen) atoms. The Bertz CT molecular complexity index is 457. The van der Waals surface area contributed by atoms with Gasteiger partial charge in [0.25, 0.3) is 0 Å². The van der Waals surface area contributed by atoms with Crippen molar-refractivity contribution < 1.29 is 18.8 Å². The molecule has 0 spiro atoms. The van der Waals surface area contributed by atoms with Crippen LogP contribution in [0.25, 0.3) is 0 Å². The molecule has 0 saturated heterocycles. The molecule has 0 unspecified atom stereocenters. The van der Waals surface area contributed by atoms with Gasteiger partial charge in [0.05, 0.1) is 6.54 Å². The van der Waals surface area contributed by atoms with Gasteiger partial charge in [-0.1, -0.05) is 5.16 Å². The summed E-state index contributed by atoms with van der Waals surface area (Å²) in [6.07, 6.45) is 3.95. The maximum Gasteiger partial charge on any atom is 0.245 e. The van der Waals surface area contributed by atoms with Crippen LogP contribution < -0.4 is 5.32 Å². The van der Waals surface area contributed by atoms with Crippen LogP contribution in [0.4, 0.5) is 5.82 Å². The van der Waals surface area contributed by atoms with Gasteiger partial charge < -0.3 is 19.5 Å². The highest BCUT2D eigenvalue weighted by molar-refractivity contribution is 5.94. The van der Waals surface area contributed by atoms with Crippen LogP contribution in [0, 0.1) is 5.92 Å². The van der Waals surface area contributed by atoms with Crippen LogP contribution in [0.15, 0.2) is 16.9 Å². The van der Waals surface area contributed by atoms with Gasteiger partial charge in [-0.25, -0.2) is 0 Å². The van der Waals surface area contributed by atoms with Gasteiger partial charge in [-0.2, -0.15) is 0 Å². The predicted molar refractivity (Wildman–Crippen MR) is 75.5 cm³/mol. The van der Waals surface area contributed by atoms with E-state index in [0.717, 1.165) is 19.3 Å². The quantitative estimate of drug-likeness (QED) is 0.694. The van der Waals surface area contributed by atoms with E-state index in [4.69, 9.17) is 4.74 Å². The number of aromatic nitrogens is 1. The molecule has 1 aliphatic rings. The van der Waals surface area contributed by atoms with Crippen LogP contribution in [-0.2, 0) is 14.3 Å². The maximum atomic E-state index is 12.2. The Labute approximate surface area is 123 Å². The summed E-state index contributed by atoms with van der Waals surface area (Å²) in [4.78, 5) is 25.7. The van der Waals surface area contributed by atoms with Gasteiger partial charge in [0.1, 0.15) is 6.26 Å². The summed E-state index contributed by atoms with van der Waals surface area (Å²) in [5.74, 6) is 0.237. The molecule has 0 atom stereocenters. The zero-order valence-corrected chi connectivity index (χ0v) is 12.2. The first-order valence-electron chi connectivity index (χ1n) is 7.27. The number of amides is 2. The minimum absolute atomic E-state index is 0.0360. The molecule has 2 rings (SSSR count). The van der Waals surface area contributed by atoms with Crippen LogP contribution >= 0.6 is 0 Å². The standard InChI is InChI=1S/C14H21N3O4/c1-2-20-8-3-7-17(14(19)11-4-5-11)10-13(18)15-12-6-9-21-16-12/h6,9,11H,2-5,7-8,10H2,1H3,(H,15,16,18). The Morgan fingerprint density at radius 1 is 1.52 bits per heavy atom. The highest BCUT2D eigenvalue weighted by Gasteiger charge is 2.33. The minimum atomic E-state index is -0.269. The first-order valence-corrected chi connectivity index (χ1v) is 7.27. The largest absolute Gasteiger partial charge is 0.382 e. The first kappa shape index (κ1) is 15.5. The molecule has 0 radical (unpaired) electrons. The average molecular weight is 295 g/mol. The second kappa shape index (κ2) is 7.78. The van der Waals surface area contributed by atoms with Crippen molar-refractivity contribution in [2.75, 3.05) is 31.6 Å². The number of nitrogens with one attached hydrogen (secondary N) is 1. The lowest BCUT2D eigenvalue weighted by atomic mass is 10.3. The average Bonchev–Trinajstić information content (AvgIpc) is 3.20. The van der Waals surface area contributed by atoms with E-state index in [2.05, 4.69) is 15.0 Å². The smallest absolute Gasteiger partial charge is 0.245 e. The van der Waals surface area contributed by atoms with Gasteiger partial charge in [-0.05, 0) is 26.2 Å². The lowest BCUT2D eigenvalue weighted by molar-refractivity contribution is -0.136. The number of carbonyl (C=O) groups excluding carboxylic acids is 2. The number of hydrogen-bond donors (Lipinski definition) is 1. The molecule has 2 amide bonds. The number of carbonyl (C=O) groups is 2. The van der Waals surface area contributed by atoms with Gasteiger partial charge >= 0.3 is 0 Å². The number of anilines is 1. The van der Waals surface area contributed by atoms with Crippen molar-refractivity contribution in [3.8, 4) is 0 Å². The lowest BCUT2D eigenvalue weighted by Gasteiger charge is -2.21. The van der Waals surface area contributed by atoms with Crippen LogP contribution in [0.3, 0.4) is 0 Å². The normalized spacial score (nSPS) is 14.0. The fourth-order valence-electron chi connectivity index (χ4n) is 1.99. The van der Waals surface area contributed by atoms with Gasteiger partial charge in [-0.3, -0.25) is 9.59 Å². The lowest BCUT2D eigenvalue weighted by Crippen LogP contribution is -2.39. The molecular formula is C14H21N3O4. The van der Waals surface area contributed by atoms with E-state index >= 15 is 0 Å². The molecule has 1 aliphatic carbocycles. The van der Waals surface area contributed by atoms with Gasteiger partial charge in [0.2, 0.25) is 11.8 Å². The highest BCUT2D eigenvalue weighted by atomic mass is 16.5. The van der Waals surface area contributed by atoms with Gasteiger partial charge in [0, 0.05) is 31.7 Å². The number of nitrogens with zero attached hydrogens (tertiary/aromatic N) is 2. The highest BCUT2D eigenvalue weighted by Crippen LogP contribution is 2.31. The Balaban J connectivity index is 1.82. The second-order valence-electron chi connectivity index (χ2n) is 5.02. The van der Waals surface area contributed by atoms with Crippen molar-refractivity contribution >= 4 is 17.6 Å². The van der Waals surface area contributed by atoms with Crippen LogP contribution in [-0.4, -0.2) is 48.2 Å². The molecule has 7 heteroatoms. The summed E-state index contributed by atoms with van der Waals surface area (Å²) in [6, 6.07) is 1.56. The van der Waals surface area contributed by atoms with Crippen molar-refractivity contribution in [1.82, 2.24) is 10.1 Å². The van der Waals surface area contributed by atoms with Crippen LogP contribution in [0.2, 0.25) is 0 Å². The summed E-state index contributed by atoms with van der Waals surface area (Å²) < 4.78 is 9.92. The molecule has 1 aromatic heterocycles. The molecule has 0 aliphatic heterocycles. The first-order chi connectivity index (χ1) is 10.2. The fourth-order valence-corrected chi connectivity index (χ4v) is 1.99. The zero-order valence-electron chi connectivity index (χ0n) is 12.2. The number of ether oxygens (including phenoxy) is 1. The molecule has 1 saturated carbocycles. The van der Waals surface area contributed by atoms with Crippen LogP contribution in [0.5, 0.6) is 0 Å². The summed E-state index contributed by atoms with van der Waals surface area (Å²) in [6.45, 7) is 3.74. The molecule has 7 nitrogen and oxygen atoms in total. The Morgan fingerprint density at radius 2 is 2.33 bits per heavy atom. The molecule has 1 N–H and O–H groups in total. The summed E-state index contributed by atoms with van der Waals surface area (Å²) in [5.41, 5.74) is 0.